The number of nitrogens with two attached hydrogens (primary N) is 1. The van der Waals surface area contributed by atoms with Gasteiger partial charge in [0.2, 0.25) is 17.8 Å². The molecule has 0 aliphatic rings. The van der Waals surface area contributed by atoms with Crippen LogP contribution in [-0.2, 0) is 22.6 Å². The lowest BCUT2D eigenvalue weighted by molar-refractivity contribution is 0.0547. The minimum atomic E-state index is 0.464. The number of hydrogen-bond acceptors (Lipinski definition) is 11. The predicted molar refractivity (Wildman–Crippen MR) is 126 cm³/mol. The zero-order chi connectivity index (χ0) is 23.0. The van der Waals surface area contributed by atoms with Crippen LogP contribution in [0.3, 0.4) is 0 Å². The fourth-order valence-corrected chi connectivity index (χ4v) is 2.81. The molecule has 0 amide bonds. The van der Waals surface area contributed by atoms with Crippen LogP contribution < -0.4 is 21.7 Å². The average Bonchev–Trinajstić information content (AvgIpc) is 3.36. The van der Waals surface area contributed by atoms with Crippen molar-refractivity contribution in [2.45, 2.75) is 19.5 Å². The number of hydrogen-bond donors (Lipinski definition) is 4. The topological polar surface area (TPSA) is 150 Å². The molecule has 3 rings (SSSR count). The van der Waals surface area contributed by atoms with Crippen LogP contribution >= 0.6 is 0 Å². The summed E-state index contributed by atoms with van der Waals surface area (Å²) in [6.45, 7) is 5.24. The van der Waals surface area contributed by atoms with Crippen LogP contribution in [0.15, 0.2) is 43.1 Å². The molecule has 3 heterocycles. The number of nitrogens with one attached hydrogen (secondary N) is 3. The van der Waals surface area contributed by atoms with Crippen molar-refractivity contribution in [3.8, 4) is 0 Å². The molecule has 0 atom stereocenters. The molecule has 3 aromatic heterocycles. The molecule has 0 unspecified atom stereocenters. The Balaban J connectivity index is 1.49. The van der Waals surface area contributed by atoms with E-state index in [0.717, 1.165) is 18.7 Å². The molecule has 3 aromatic rings. The van der Waals surface area contributed by atoms with Gasteiger partial charge in [-0.25, -0.2) is 4.98 Å². The van der Waals surface area contributed by atoms with Crippen molar-refractivity contribution in [2.75, 3.05) is 62.0 Å². The van der Waals surface area contributed by atoms with Gasteiger partial charge in [0.25, 0.3) is 0 Å². The first-order valence-electron chi connectivity index (χ1n) is 11.0. The normalized spacial score (nSPS) is 10.8. The van der Waals surface area contributed by atoms with E-state index in [2.05, 4.69) is 40.9 Å². The third kappa shape index (κ3) is 9.76. The molecule has 0 aliphatic heterocycles. The van der Waals surface area contributed by atoms with Crippen molar-refractivity contribution in [2.24, 2.45) is 5.73 Å². The number of anilines is 3. The highest BCUT2D eigenvalue weighted by atomic mass is 16.5. The van der Waals surface area contributed by atoms with Crippen LogP contribution in [0.1, 0.15) is 12.1 Å². The Hall–Kier alpha value is -3.35. The Morgan fingerprint density at radius 1 is 0.848 bits per heavy atom. The number of rotatable bonds is 17. The lowest BCUT2D eigenvalue weighted by Crippen LogP contribution is -2.17. The van der Waals surface area contributed by atoms with Crippen molar-refractivity contribution < 1.29 is 9.47 Å². The first kappa shape index (κ1) is 24.3. The maximum atomic E-state index is 5.54. The smallest absolute Gasteiger partial charge is 0.229 e. The SMILES string of the molecule is NCCOCCOCCNc1nc(NCCCn2ccnc2)nc(NCc2ccccn2)n1. The Morgan fingerprint density at radius 3 is 2.30 bits per heavy atom. The quantitative estimate of drug-likeness (QED) is 0.215. The molecule has 0 aliphatic carbocycles. The van der Waals surface area contributed by atoms with E-state index in [1.165, 1.54) is 0 Å². The summed E-state index contributed by atoms with van der Waals surface area (Å²) in [5.41, 5.74) is 6.28. The molecular weight excluding hydrogens is 424 g/mol. The van der Waals surface area contributed by atoms with Gasteiger partial charge in [0.05, 0.1) is 45.0 Å². The summed E-state index contributed by atoms with van der Waals surface area (Å²) in [5.74, 6) is 1.43. The van der Waals surface area contributed by atoms with E-state index >= 15 is 0 Å². The van der Waals surface area contributed by atoms with Gasteiger partial charge in [-0.05, 0) is 18.6 Å². The van der Waals surface area contributed by atoms with Crippen molar-refractivity contribution in [1.29, 1.82) is 0 Å². The molecule has 5 N–H and O–H groups in total. The molecule has 33 heavy (non-hydrogen) atoms. The highest BCUT2D eigenvalue weighted by Gasteiger charge is 2.07. The van der Waals surface area contributed by atoms with Gasteiger partial charge in [0.1, 0.15) is 0 Å². The van der Waals surface area contributed by atoms with Gasteiger partial charge in [-0.2, -0.15) is 15.0 Å². The summed E-state index contributed by atoms with van der Waals surface area (Å²) in [6, 6.07) is 5.77. The summed E-state index contributed by atoms with van der Waals surface area (Å²) in [5, 5.41) is 9.66. The Morgan fingerprint density at radius 2 is 1.61 bits per heavy atom. The minimum absolute atomic E-state index is 0.464. The van der Waals surface area contributed by atoms with Gasteiger partial charge in [0, 0.05) is 44.8 Å². The summed E-state index contributed by atoms with van der Waals surface area (Å²) in [7, 11) is 0. The predicted octanol–water partition coefficient (Wildman–Crippen LogP) is 0.981. The van der Waals surface area contributed by atoms with Crippen molar-refractivity contribution >= 4 is 17.8 Å². The van der Waals surface area contributed by atoms with E-state index in [1.807, 2.05) is 29.0 Å². The van der Waals surface area contributed by atoms with Crippen LogP contribution in [0.2, 0.25) is 0 Å². The molecule has 0 fully saturated rings. The Labute approximate surface area is 193 Å². The van der Waals surface area contributed by atoms with Crippen LogP contribution in [0.25, 0.3) is 0 Å². The third-order valence-corrected chi connectivity index (χ3v) is 4.39. The van der Waals surface area contributed by atoms with Gasteiger partial charge >= 0.3 is 0 Å². The van der Waals surface area contributed by atoms with E-state index in [9.17, 15) is 0 Å². The van der Waals surface area contributed by atoms with Crippen LogP contribution in [0.5, 0.6) is 0 Å². The minimum Gasteiger partial charge on any atom is -0.378 e. The van der Waals surface area contributed by atoms with Crippen LogP contribution in [0, 0.1) is 0 Å². The monoisotopic (exact) mass is 456 g/mol. The standard InChI is InChI=1S/C21H32N10O2/c22-5-12-32-14-15-33-13-9-26-20-28-19(25-7-3-10-31-11-8-23-17-31)29-21(30-20)27-16-18-4-1-2-6-24-18/h1-2,4,6,8,11,17H,3,5,7,9-10,12-16,22H2,(H3,25,26,27,28,29,30). The number of imidazole rings is 1. The van der Waals surface area contributed by atoms with Crippen LogP contribution in [-0.4, -0.2) is 75.5 Å². The number of nitrogens with zero attached hydrogens (tertiary/aromatic N) is 6. The maximum Gasteiger partial charge on any atom is 0.229 e. The fraction of sp³-hybridized carbons (Fsp3) is 0.476. The second-order valence-electron chi connectivity index (χ2n) is 7.00. The number of ether oxygens (including phenoxy) is 2. The average molecular weight is 457 g/mol. The van der Waals surface area contributed by atoms with Gasteiger partial charge < -0.3 is 35.7 Å². The molecule has 12 heteroatoms. The lowest BCUT2D eigenvalue weighted by Gasteiger charge is -2.12. The molecule has 0 aromatic carbocycles. The van der Waals surface area contributed by atoms with E-state index < -0.39 is 0 Å². The lowest BCUT2D eigenvalue weighted by atomic mass is 10.3. The fourth-order valence-electron chi connectivity index (χ4n) is 2.81. The molecule has 0 radical (unpaired) electrons. The van der Waals surface area contributed by atoms with Crippen molar-refractivity contribution in [3.63, 3.8) is 0 Å². The van der Waals surface area contributed by atoms with Crippen LogP contribution in [0.4, 0.5) is 17.8 Å². The summed E-state index contributed by atoms with van der Waals surface area (Å²) in [6.07, 6.45) is 8.18. The first-order chi connectivity index (χ1) is 16.3. The summed E-state index contributed by atoms with van der Waals surface area (Å²) >= 11 is 0. The molecular formula is C21H32N10O2. The number of aromatic nitrogens is 6. The van der Waals surface area contributed by atoms with Crippen molar-refractivity contribution in [1.82, 2.24) is 29.5 Å². The van der Waals surface area contributed by atoms with Gasteiger partial charge in [-0.1, -0.05) is 6.07 Å². The molecule has 0 bridgehead atoms. The molecule has 0 saturated carbocycles. The van der Waals surface area contributed by atoms with E-state index in [4.69, 9.17) is 15.2 Å². The van der Waals surface area contributed by atoms with E-state index in [0.29, 0.717) is 70.5 Å². The number of aryl methyl sites for hydroxylation is 1. The third-order valence-electron chi connectivity index (χ3n) is 4.39. The van der Waals surface area contributed by atoms with Gasteiger partial charge in [-0.3, -0.25) is 4.98 Å². The Bertz CT molecular complexity index is 895. The maximum absolute atomic E-state index is 5.54. The number of pyridine rings is 1. The molecule has 12 nitrogen and oxygen atoms in total. The molecule has 0 saturated heterocycles. The highest BCUT2D eigenvalue weighted by Crippen LogP contribution is 2.10. The van der Waals surface area contributed by atoms with E-state index in [1.54, 1.807) is 18.7 Å². The largest absolute Gasteiger partial charge is 0.378 e. The van der Waals surface area contributed by atoms with Gasteiger partial charge in [0.15, 0.2) is 0 Å². The first-order valence-corrected chi connectivity index (χ1v) is 11.0. The second-order valence-corrected chi connectivity index (χ2v) is 7.00. The molecule has 178 valence electrons. The molecule has 0 spiro atoms. The second kappa shape index (κ2) is 14.7. The zero-order valence-corrected chi connectivity index (χ0v) is 18.7. The van der Waals surface area contributed by atoms with Gasteiger partial charge in [-0.15, -0.1) is 0 Å². The zero-order valence-electron chi connectivity index (χ0n) is 18.7. The Kier molecular flexibility index (Phi) is 10.8. The highest BCUT2D eigenvalue weighted by molar-refractivity contribution is 5.42. The van der Waals surface area contributed by atoms with E-state index in [-0.39, 0.29) is 0 Å². The summed E-state index contributed by atoms with van der Waals surface area (Å²) < 4.78 is 12.8. The summed E-state index contributed by atoms with van der Waals surface area (Å²) in [4.78, 5) is 21.8. The van der Waals surface area contributed by atoms with Crippen molar-refractivity contribution in [3.05, 3.63) is 48.8 Å².